The maximum atomic E-state index is 11.1. The predicted octanol–water partition coefficient (Wildman–Crippen LogP) is 2.42. The van der Waals surface area contributed by atoms with Gasteiger partial charge in [0.25, 0.3) is 0 Å². The van der Waals surface area contributed by atoms with Crippen LogP contribution in [0.15, 0.2) is 24.3 Å². The highest BCUT2D eigenvalue weighted by Crippen LogP contribution is 2.40. The molecule has 1 aromatic carbocycles. The Bertz CT molecular complexity index is 396. The molecule has 1 N–H and O–H groups in total. The van der Waals surface area contributed by atoms with E-state index in [4.69, 9.17) is 9.84 Å². The number of para-hydroxylation sites is 1. The van der Waals surface area contributed by atoms with Gasteiger partial charge >= 0.3 is 5.97 Å². The molecule has 3 nitrogen and oxygen atoms in total. The van der Waals surface area contributed by atoms with Crippen molar-refractivity contribution in [3.63, 3.8) is 0 Å². The number of carbonyl (C=O) groups is 1. The van der Waals surface area contributed by atoms with Crippen LogP contribution in [0.25, 0.3) is 0 Å². The first-order valence-corrected chi connectivity index (χ1v) is 5.00. The fraction of sp³-hybridized carbons (Fsp3) is 0.417. The van der Waals surface area contributed by atoms with E-state index in [1.807, 2.05) is 38.1 Å². The zero-order valence-corrected chi connectivity index (χ0v) is 8.86. The van der Waals surface area contributed by atoms with Gasteiger partial charge in [0.1, 0.15) is 11.4 Å². The SMILES string of the molecule is CC1(C)C[C@H](C(=O)O)c2ccccc2O1. The van der Waals surface area contributed by atoms with Crippen molar-refractivity contribution in [2.24, 2.45) is 0 Å². The van der Waals surface area contributed by atoms with Crippen molar-refractivity contribution in [3.8, 4) is 5.75 Å². The summed E-state index contributed by atoms with van der Waals surface area (Å²) < 4.78 is 5.74. The largest absolute Gasteiger partial charge is 0.488 e. The Balaban J connectivity index is 2.47. The fourth-order valence-electron chi connectivity index (χ4n) is 2.02. The molecule has 0 unspecified atom stereocenters. The van der Waals surface area contributed by atoms with E-state index >= 15 is 0 Å². The highest BCUT2D eigenvalue weighted by molar-refractivity contribution is 5.77. The maximum Gasteiger partial charge on any atom is 0.311 e. The lowest BCUT2D eigenvalue weighted by Gasteiger charge is -2.35. The fourth-order valence-corrected chi connectivity index (χ4v) is 2.02. The van der Waals surface area contributed by atoms with Gasteiger partial charge in [0.05, 0.1) is 5.92 Å². The van der Waals surface area contributed by atoms with E-state index in [0.717, 1.165) is 5.56 Å². The minimum Gasteiger partial charge on any atom is -0.488 e. The van der Waals surface area contributed by atoms with Gasteiger partial charge in [-0.3, -0.25) is 4.79 Å². The van der Waals surface area contributed by atoms with Crippen LogP contribution in [-0.2, 0) is 4.79 Å². The van der Waals surface area contributed by atoms with E-state index in [9.17, 15) is 4.79 Å². The van der Waals surface area contributed by atoms with Crippen molar-refractivity contribution in [2.75, 3.05) is 0 Å². The van der Waals surface area contributed by atoms with E-state index in [-0.39, 0.29) is 0 Å². The maximum absolute atomic E-state index is 11.1. The molecule has 1 aliphatic heterocycles. The Morgan fingerprint density at radius 3 is 2.80 bits per heavy atom. The van der Waals surface area contributed by atoms with Gasteiger partial charge in [-0.2, -0.15) is 0 Å². The minimum atomic E-state index is -0.779. The van der Waals surface area contributed by atoms with E-state index < -0.39 is 17.5 Å². The summed E-state index contributed by atoms with van der Waals surface area (Å²) >= 11 is 0. The molecule has 1 heterocycles. The summed E-state index contributed by atoms with van der Waals surface area (Å²) in [6.07, 6.45) is 0.513. The number of hydrogen-bond donors (Lipinski definition) is 1. The molecule has 0 saturated heterocycles. The summed E-state index contributed by atoms with van der Waals surface area (Å²) in [6.45, 7) is 3.83. The summed E-state index contributed by atoms with van der Waals surface area (Å²) in [5.41, 5.74) is 0.376. The van der Waals surface area contributed by atoms with E-state index in [2.05, 4.69) is 0 Å². The van der Waals surface area contributed by atoms with Gasteiger partial charge < -0.3 is 9.84 Å². The number of fused-ring (bicyclic) bond motifs is 1. The normalized spacial score (nSPS) is 22.7. The predicted molar refractivity (Wildman–Crippen MR) is 56.1 cm³/mol. The molecule has 0 amide bonds. The Morgan fingerprint density at radius 2 is 2.13 bits per heavy atom. The second-order valence-electron chi connectivity index (χ2n) is 4.49. The number of aliphatic carboxylic acids is 1. The van der Waals surface area contributed by atoms with Gasteiger partial charge in [0.2, 0.25) is 0 Å². The molecule has 1 aliphatic rings. The molecule has 0 spiro atoms. The molecule has 3 heteroatoms. The van der Waals surface area contributed by atoms with Gasteiger partial charge in [0.15, 0.2) is 0 Å². The van der Waals surface area contributed by atoms with Crippen molar-refractivity contribution in [3.05, 3.63) is 29.8 Å². The van der Waals surface area contributed by atoms with Gasteiger partial charge in [-0.1, -0.05) is 18.2 Å². The van der Waals surface area contributed by atoms with Crippen LogP contribution in [0.3, 0.4) is 0 Å². The lowest BCUT2D eigenvalue weighted by molar-refractivity contribution is -0.140. The van der Waals surface area contributed by atoms with Crippen LogP contribution in [0.2, 0.25) is 0 Å². The first kappa shape index (κ1) is 10.0. The highest BCUT2D eigenvalue weighted by Gasteiger charge is 2.37. The molecule has 0 aliphatic carbocycles. The van der Waals surface area contributed by atoms with Crippen molar-refractivity contribution in [1.82, 2.24) is 0 Å². The van der Waals surface area contributed by atoms with Crippen LogP contribution < -0.4 is 4.74 Å². The first-order chi connectivity index (χ1) is 6.99. The average molecular weight is 206 g/mol. The number of carboxylic acid groups (broad SMARTS) is 1. The number of ether oxygens (including phenoxy) is 1. The van der Waals surface area contributed by atoms with E-state index in [0.29, 0.717) is 12.2 Å². The van der Waals surface area contributed by atoms with E-state index in [1.165, 1.54) is 0 Å². The van der Waals surface area contributed by atoms with Crippen LogP contribution in [-0.4, -0.2) is 16.7 Å². The van der Waals surface area contributed by atoms with Crippen LogP contribution in [0, 0.1) is 0 Å². The lowest BCUT2D eigenvalue weighted by Crippen LogP contribution is -2.37. The molecule has 80 valence electrons. The lowest BCUT2D eigenvalue weighted by atomic mass is 9.84. The van der Waals surface area contributed by atoms with Crippen molar-refractivity contribution >= 4 is 5.97 Å². The van der Waals surface area contributed by atoms with Crippen LogP contribution >= 0.6 is 0 Å². The Kier molecular flexibility index (Phi) is 2.18. The summed E-state index contributed by atoms with van der Waals surface area (Å²) in [5.74, 6) is -0.537. The standard InChI is InChI=1S/C12H14O3/c1-12(2)7-9(11(13)14)8-5-3-4-6-10(8)15-12/h3-6,9H,7H2,1-2H3,(H,13,14)/t9-/m0/s1. The molecular weight excluding hydrogens is 192 g/mol. The summed E-state index contributed by atoms with van der Waals surface area (Å²) in [6, 6.07) is 7.35. The van der Waals surface area contributed by atoms with Gasteiger partial charge in [0, 0.05) is 12.0 Å². The summed E-state index contributed by atoms with van der Waals surface area (Å²) in [5, 5.41) is 9.16. The topological polar surface area (TPSA) is 46.5 Å². The third-order valence-corrected chi connectivity index (χ3v) is 2.67. The third-order valence-electron chi connectivity index (χ3n) is 2.67. The monoisotopic (exact) mass is 206 g/mol. The van der Waals surface area contributed by atoms with Gasteiger partial charge in [-0.25, -0.2) is 0 Å². The second kappa shape index (κ2) is 3.26. The first-order valence-electron chi connectivity index (χ1n) is 5.00. The molecule has 2 rings (SSSR count). The molecule has 0 fully saturated rings. The van der Waals surface area contributed by atoms with Crippen molar-refractivity contribution in [1.29, 1.82) is 0 Å². The molecule has 0 bridgehead atoms. The highest BCUT2D eigenvalue weighted by atomic mass is 16.5. The zero-order valence-electron chi connectivity index (χ0n) is 8.86. The minimum absolute atomic E-state index is 0.405. The van der Waals surface area contributed by atoms with Crippen molar-refractivity contribution in [2.45, 2.75) is 31.8 Å². The van der Waals surface area contributed by atoms with Crippen LogP contribution in [0.1, 0.15) is 31.7 Å². The smallest absolute Gasteiger partial charge is 0.311 e. The summed E-state index contributed by atoms with van der Waals surface area (Å²) in [7, 11) is 0. The number of hydrogen-bond acceptors (Lipinski definition) is 2. The Hall–Kier alpha value is -1.51. The zero-order chi connectivity index (χ0) is 11.1. The molecule has 1 atom stereocenters. The summed E-state index contributed by atoms with van der Waals surface area (Å²) in [4.78, 5) is 11.1. The number of rotatable bonds is 1. The molecule has 0 saturated carbocycles. The number of benzene rings is 1. The molecule has 0 radical (unpaired) electrons. The molecule has 15 heavy (non-hydrogen) atoms. The van der Waals surface area contributed by atoms with Gasteiger partial charge in [-0.15, -0.1) is 0 Å². The molecular formula is C12H14O3. The quantitative estimate of drug-likeness (QED) is 0.767. The Morgan fingerprint density at radius 1 is 1.47 bits per heavy atom. The third kappa shape index (κ3) is 1.82. The second-order valence-corrected chi connectivity index (χ2v) is 4.49. The number of carboxylic acids is 1. The Labute approximate surface area is 88.7 Å². The molecule has 1 aromatic rings. The van der Waals surface area contributed by atoms with Crippen LogP contribution in [0.4, 0.5) is 0 Å². The van der Waals surface area contributed by atoms with Crippen LogP contribution in [0.5, 0.6) is 5.75 Å². The molecule has 0 aromatic heterocycles. The van der Waals surface area contributed by atoms with E-state index in [1.54, 1.807) is 0 Å². The average Bonchev–Trinajstić information content (AvgIpc) is 2.14. The van der Waals surface area contributed by atoms with Gasteiger partial charge in [-0.05, 0) is 19.9 Å². The van der Waals surface area contributed by atoms with Crippen molar-refractivity contribution < 1.29 is 14.6 Å².